The first kappa shape index (κ1) is 58.3. The third-order valence-electron chi connectivity index (χ3n) is 9.62. The Hall–Kier alpha value is -0.0100. The Morgan fingerprint density at radius 2 is 0.759 bits per heavy atom. The van der Waals surface area contributed by atoms with Gasteiger partial charge < -0.3 is 14.0 Å². The molecule has 0 N–H and O–H groups in total. The molecule has 2 atom stereocenters. The fourth-order valence-electron chi connectivity index (χ4n) is 5.81. The molecule has 0 aromatic rings. The molecule has 54 heavy (non-hydrogen) atoms. The lowest BCUT2D eigenvalue weighted by atomic mass is 10.0. The van der Waals surface area contributed by atoms with Gasteiger partial charge >= 0.3 is 7.82 Å². The SMILES string of the molecule is CCCCCCC.CCCCCCCC.CCCCCCCCCCCCCCCCCO[C@H](COCCCCC)COP(=O)(OC)OCC[N+](C)(C)C. The lowest BCUT2D eigenvalue weighted by Crippen LogP contribution is -2.37. The number of nitrogens with zero attached hydrogens (tertiary/aromatic N) is 1. The molecule has 0 saturated carbocycles. The van der Waals surface area contributed by atoms with E-state index < -0.39 is 7.82 Å². The van der Waals surface area contributed by atoms with Gasteiger partial charge in [-0.1, -0.05) is 215 Å². The van der Waals surface area contributed by atoms with Gasteiger partial charge in [-0.25, -0.2) is 4.57 Å². The Morgan fingerprint density at radius 1 is 0.426 bits per heavy atom. The van der Waals surface area contributed by atoms with Crippen molar-refractivity contribution < 1.29 is 32.1 Å². The smallest absolute Gasteiger partial charge is 0.379 e. The quantitative estimate of drug-likeness (QED) is 0.0350. The Morgan fingerprint density at radius 3 is 1.13 bits per heavy atom. The third-order valence-corrected chi connectivity index (χ3v) is 11.0. The van der Waals surface area contributed by atoms with Gasteiger partial charge in [0.2, 0.25) is 0 Å². The van der Waals surface area contributed by atoms with Crippen molar-refractivity contribution in [3.63, 3.8) is 0 Å². The van der Waals surface area contributed by atoms with Crippen molar-refractivity contribution >= 4 is 7.82 Å². The van der Waals surface area contributed by atoms with Crippen LogP contribution in [0, 0.1) is 0 Å². The van der Waals surface area contributed by atoms with Crippen LogP contribution < -0.4 is 0 Å². The second-order valence-electron chi connectivity index (χ2n) is 16.5. The molecule has 0 rings (SSSR count). The van der Waals surface area contributed by atoms with Gasteiger partial charge in [0.05, 0.1) is 34.4 Å². The zero-order valence-corrected chi connectivity index (χ0v) is 39.6. The Bertz CT molecular complexity index is 710. The van der Waals surface area contributed by atoms with Gasteiger partial charge in [0, 0.05) is 20.3 Å². The predicted molar refractivity (Wildman–Crippen MR) is 238 cm³/mol. The van der Waals surface area contributed by atoms with E-state index in [0.717, 1.165) is 25.7 Å². The zero-order valence-electron chi connectivity index (χ0n) is 38.7. The van der Waals surface area contributed by atoms with E-state index in [9.17, 15) is 4.57 Å². The normalized spacial score (nSPS) is 13.1. The number of phosphoric acid groups is 1. The lowest BCUT2D eigenvalue weighted by Gasteiger charge is -2.25. The number of rotatable bonds is 40. The van der Waals surface area contributed by atoms with Crippen molar-refractivity contribution in [2.75, 3.05) is 67.8 Å². The number of unbranched alkanes of at least 4 members (excludes halogenated alkanes) is 25. The topological polar surface area (TPSA) is 63.2 Å². The summed E-state index contributed by atoms with van der Waals surface area (Å²) in [5.74, 6) is 0. The zero-order chi connectivity index (χ0) is 40.9. The molecule has 330 valence electrons. The van der Waals surface area contributed by atoms with Crippen molar-refractivity contribution in [3.8, 4) is 0 Å². The van der Waals surface area contributed by atoms with Gasteiger partial charge in [-0.3, -0.25) is 13.6 Å². The molecule has 0 aliphatic rings. The second kappa shape index (κ2) is 47.4. The maximum absolute atomic E-state index is 12.8. The highest BCUT2D eigenvalue weighted by Gasteiger charge is 2.28. The van der Waals surface area contributed by atoms with Gasteiger partial charge in [0.15, 0.2) is 0 Å². The molecule has 0 aliphatic heterocycles. The predicted octanol–water partition coefficient (Wildman–Crippen LogP) is 15.3. The van der Waals surface area contributed by atoms with Gasteiger partial charge in [-0.05, 0) is 12.8 Å². The maximum Gasteiger partial charge on any atom is 0.474 e. The lowest BCUT2D eigenvalue weighted by molar-refractivity contribution is -0.870. The van der Waals surface area contributed by atoms with E-state index >= 15 is 0 Å². The van der Waals surface area contributed by atoms with Crippen molar-refractivity contribution in [3.05, 3.63) is 0 Å². The number of ether oxygens (including phenoxy) is 2. The molecule has 0 saturated heterocycles. The van der Waals surface area contributed by atoms with E-state index in [-0.39, 0.29) is 12.7 Å². The summed E-state index contributed by atoms with van der Waals surface area (Å²) in [6, 6.07) is 0. The molecule has 1 unspecified atom stereocenters. The van der Waals surface area contributed by atoms with Crippen LogP contribution in [0.15, 0.2) is 0 Å². The van der Waals surface area contributed by atoms with Gasteiger partial charge in [-0.15, -0.1) is 0 Å². The van der Waals surface area contributed by atoms with Crippen LogP contribution in [0.25, 0.3) is 0 Å². The van der Waals surface area contributed by atoms with E-state index in [1.54, 1.807) is 0 Å². The standard InChI is InChI=1S/C31H67NO6P.C8H18.C7H16/c1-7-9-11-12-13-14-15-16-17-18-19-20-21-22-24-27-36-31(29-35-26-23-10-8-2)30-38-39(33,34-6)37-28-25-32(3,4)5;1-3-5-7-8-6-4-2;1-3-5-7-6-4-2/h31H,7-30H2,1-6H3;3-8H2,1-2H3;3-7H2,1-2H3/q+1;;/t31-,39?;;/m1../s1. The molecule has 0 heterocycles. The summed E-state index contributed by atoms with van der Waals surface area (Å²) in [5.41, 5.74) is 0. The summed E-state index contributed by atoms with van der Waals surface area (Å²) in [6.45, 7) is 16.4. The summed E-state index contributed by atoms with van der Waals surface area (Å²) in [6.07, 6.45) is 38.7. The first-order valence-corrected chi connectivity index (χ1v) is 25.0. The van der Waals surface area contributed by atoms with E-state index in [1.807, 2.05) is 0 Å². The first-order chi connectivity index (χ1) is 26.1. The first-order valence-electron chi connectivity index (χ1n) is 23.5. The summed E-state index contributed by atoms with van der Waals surface area (Å²) >= 11 is 0. The van der Waals surface area contributed by atoms with Crippen LogP contribution in [0.4, 0.5) is 0 Å². The van der Waals surface area contributed by atoms with Crippen molar-refractivity contribution in [1.82, 2.24) is 0 Å². The molecular weight excluding hydrogens is 693 g/mol. The number of hydrogen-bond donors (Lipinski definition) is 0. The largest absolute Gasteiger partial charge is 0.474 e. The molecular formula is C46H101NO6P+. The fourth-order valence-corrected chi connectivity index (χ4v) is 6.75. The van der Waals surface area contributed by atoms with E-state index in [2.05, 4.69) is 62.7 Å². The van der Waals surface area contributed by atoms with E-state index in [0.29, 0.717) is 37.5 Å². The molecule has 0 aromatic heterocycles. The highest BCUT2D eigenvalue weighted by molar-refractivity contribution is 7.48. The monoisotopic (exact) mass is 795 g/mol. The average Bonchev–Trinajstić information content (AvgIpc) is 3.15. The molecule has 0 bridgehead atoms. The van der Waals surface area contributed by atoms with E-state index in [1.165, 1.54) is 168 Å². The molecule has 7 nitrogen and oxygen atoms in total. The van der Waals surface area contributed by atoms with Crippen molar-refractivity contribution in [2.24, 2.45) is 0 Å². The van der Waals surface area contributed by atoms with Crippen molar-refractivity contribution in [2.45, 2.75) is 234 Å². The number of phosphoric ester groups is 1. The average molecular weight is 795 g/mol. The third kappa shape index (κ3) is 52.0. The molecule has 0 spiro atoms. The van der Waals surface area contributed by atoms with Crippen LogP contribution in [-0.4, -0.2) is 78.4 Å². The molecule has 0 radical (unpaired) electrons. The van der Waals surface area contributed by atoms with Crippen LogP contribution in [0.2, 0.25) is 0 Å². The van der Waals surface area contributed by atoms with Gasteiger partial charge in [-0.2, -0.15) is 0 Å². The minimum atomic E-state index is -3.61. The molecule has 0 amide bonds. The maximum atomic E-state index is 12.8. The van der Waals surface area contributed by atoms with Crippen LogP contribution in [0.5, 0.6) is 0 Å². The van der Waals surface area contributed by atoms with Gasteiger partial charge in [0.1, 0.15) is 19.3 Å². The van der Waals surface area contributed by atoms with Crippen molar-refractivity contribution in [1.29, 1.82) is 0 Å². The molecule has 0 fully saturated rings. The Labute approximate surface area is 340 Å². The number of hydrogen-bond acceptors (Lipinski definition) is 6. The van der Waals surface area contributed by atoms with Gasteiger partial charge in [0.25, 0.3) is 0 Å². The van der Waals surface area contributed by atoms with Crippen LogP contribution in [-0.2, 0) is 27.6 Å². The van der Waals surface area contributed by atoms with Crippen LogP contribution in [0.1, 0.15) is 228 Å². The highest BCUT2D eigenvalue weighted by Crippen LogP contribution is 2.48. The summed E-state index contributed by atoms with van der Waals surface area (Å²) in [5, 5.41) is 0. The summed E-state index contributed by atoms with van der Waals surface area (Å²) in [7, 11) is 3.91. The Kier molecular flexibility index (Phi) is 51.1. The van der Waals surface area contributed by atoms with E-state index in [4.69, 9.17) is 23.0 Å². The molecule has 0 aliphatic carbocycles. The van der Waals surface area contributed by atoms with Crippen LogP contribution in [0.3, 0.4) is 0 Å². The minimum Gasteiger partial charge on any atom is -0.379 e. The second-order valence-corrected chi connectivity index (χ2v) is 18.2. The highest BCUT2D eigenvalue weighted by atomic mass is 31.2. The summed E-state index contributed by atoms with van der Waals surface area (Å²) in [4.78, 5) is 0. The minimum absolute atomic E-state index is 0.127. The Balaban J connectivity index is -0.00000143. The van der Waals surface area contributed by atoms with Crippen LogP contribution >= 0.6 is 7.82 Å². The molecule has 8 heteroatoms. The number of likely N-dealkylation sites (N-methyl/N-ethyl adjacent to an activating group) is 1. The molecule has 0 aromatic carbocycles. The summed E-state index contributed by atoms with van der Waals surface area (Å²) < 4.78 is 41.7. The number of quaternary nitrogens is 1. The fraction of sp³-hybridized carbons (Fsp3) is 1.00.